The molecular weight excluding hydrogens is 298 g/mol. The van der Waals surface area contributed by atoms with Gasteiger partial charge in [0.15, 0.2) is 9.84 Å². The number of benzene rings is 1. The molecule has 1 aliphatic heterocycles. The Balaban J connectivity index is 1.89. The molecule has 0 atom stereocenters. The third-order valence-corrected chi connectivity index (χ3v) is 5.10. The molecule has 2 rings (SSSR count). The van der Waals surface area contributed by atoms with Crippen LogP contribution in [0.3, 0.4) is 0 Å². The summed E-state index contributed by atoms with van der Waals surface area (Å²) in [4.78, 5) is 14.9. The van der Waals surface area contributed by atoms with Gasteiger partial charge in [-0.25, -0.2) is 8.42 Å². The van der Waals surface area contributed by atoms with Crippen molar-refractivity contribution < 1.29 is 17.9 Å². The molecule has 1 saturated heterocycles. The van der Waals surface area contributed by atoms with Crippen LogP contribution in [0.15, 0.2) is 34.1 Å². The number of carbonyl (C=O) groups is 1. The maximum absolute atomic E-state index is 12.0. The van der Waals surface area contributed by atoms with Crippen LogP contribution < -0.4 is 0 Å². The van der Waals surface area contributed by atoms with Crippen LogP contribution >= 0.6 is 11.8 Å². The maximum atomic E-state index is 12.0. The monoisotopic (exact) mass is 315 g/mol. The fourth-order valence-corrected chi connectivity index (χ4v) is 3.26. The largest absolute Gasteiger partial charge is 0.378 e. The summed E-state index contributed by atoms with van der Waals surface area (Å²) in [5, 5.41) is 0. The van der Waals surface area contributed by atoms with Gasteiger partial charge in [-0.15, -0.1) is 11.8 Å². The number of carbonyl (C=O) groups excluding carboxylic acids is 1. The molecule has 1 heterocycles. The topological polar surface area (TPSA) is 63.7 Å². The Hall–Kier alpha value is -1.05. The molecule has 0 unspecified atom stereocenters. The van der Waals surface area contributed by atoms with Crippen LogP contribution in [0.25, 0.3) is 0 Å². The smallest absolute Gasteiger partial charge is 0.233 e. The molecule has 0 N–H and O–H groups in total. The first-order valence-electron chi connectivity index (χ1n) is 6.25. The van der Waals surface area contributed by atoms with Crippen molar-refractivity contribution in [2.24, 2.45) is 0 Å². The van der Waals surface area contributed by atoms with Crippen LogP contribution in [0.1, 0.15) is 0 Å². The van der Waals surface area contributed by atoms with Crippen molar-refractivity contribution in [2.45, 2.75) is 9.79 Å². The third-order valence-electron chi connectivity index (χ3n) is 2.98. The quantitative estimate of drug-likeness (QED) is 0.777. The maximum Gasteiger partial charge on any atom is 0.233 e. The van der Waals surface area contributed by atoms with Crippen LogP contribution in [-0.2, 0) is 19.4 Å². The second-order valence-electron chi connectivity index (χ2n) is 4.53. The highest BCUT2D eigenvalue weighted by Gasteiger charge is 2.16. The van der Waals surface area contributed by atoms with Crippen molar-refractivity contribution in [3.05, 3.63) is 24.3 Å². The fourth-order valence-electron chi connectivity index (χ4n) is 1.83. The molecule has 1 fully saturated rings. The number of morpholine rings is 1. The predicted molar refractivity (Wildman–Crippen MR) is 77.7 cm³/mol. The minimum absolute atomic E-state index is 0.0884. The van der Waals surface area contributed by atoms with E-state index in [1.54, 1.807) is 29.2 Å². The van der Waals surface area contributed by atoms with E-state index in [-0.39, 0.29) is 5.91 Å². The van der Waals surface area contributed by atoms with E-state index in [4.69, 9.17) is 4.74 Å². The summed E-state index contributed by atoms with van der Waals surface area (Å²) in [6.07, 6.45) is 1.18. The van der Waals surface area contributed by atoms with Gasteiger partial charge >= 0.3 is 0 Å². The molecule has 0 aromatic heterocycles. The molecule has 0 aliphatic carbocycles. The average Bonchev–Trinajstić information content (AvgIpc) is 2.45. The summed E-state index contributed by atoms with van der Waals surface area (Å²) in [5.74, 6) is 0.448. The second-order valence-corrected chi connectivity index (χ2v) is 7.59. The molecule has 110 valence electrons. The molecule has 0 radical (unpaired) electrons. The Kier molecular flexibility index (Phi) is 5.06. The lowest BCUT2D eigenvalue weighted by Gasteiger charge is -2.26. The number of nitrogens with zero attached hydrogens (tertiary/aromatic N) is 1. The standard InChI is InChI=1S/C13H17NO4S2/c1-20(16,17)12-4-2-11(3-5-12)19-10-13(15)14-6-8-18-9-7-14/h2-5H,6-10H2,1H3. The number of rotatable bonds is 4. The molecule has 0 bridgehead atoms. The number of sulfone groups is 1. The molecule has 1 aliphatic rings. The summed E-state index contributed by atoms with van der Waals surface area (Å²) in [6.45, 7) is 2.48. The second kappa shape index (κ2) is 6.60. The SMILES string of the molecule is CS(=O)(=O)c1ccc(SCC(=O)N2CCOCC2)cc1. The Morgan fingerprint density at radius 2 is 1.85 bits per heavy atom. The van der Waals surface area contributed by atoms with Gasteiger partial charge in [-0.05, 0) is 24.3 Å². The lowest BCUT2D eigenvalue weighted by Crippen LogP contribution is -2.41. The molecule has 20 heavy (non-hydrogen) atoms. The number of thioether (sulfide) groups is 1. The Morgan fingerprint density at radius 3 is 2.40 bits per heavy atom. The van der Waals surface area contributed by atoms with Crippen molar-refractivity contribution in [1.82, 2.24) is 4.90 Å². The molecule has 1 amide bonds. The van der Waals surface area contributed by atoms with E-state index in [2.05, 4.69) is 0 Å². The van der Waals surface area contributed by atoms with Gasteiger partial charge in [0.05, 0.1) is 23.9 Å². The summed E-state index contributed by atoms with van der Waals surface area (Å²) >= 11 is 1.41. The van der Waals surface area contributed by atoms with Gasteiger partial charge in [0.1, 0.15) is 0 Å². The molecular formula is C13H17NO4S2. The number of ether oxygens (including phenoxy) is 1. The lowest BCUT2D eigenvalue weighted by atomic mass is 10.4. The summed E-state index contributed by atoms with van der Waals surface area (Å²) in [5.41, 5.74) is 0. The van der Waals surface area contributed by atoms with E-state index in [0.29, 0.717) is 37.0 Å². The summed E-state index contributed by atoms with van der Waals surface area (Å²) in [7, 11) is -3.17. The molecule has 0 saturated carbocycles. The predicted octanol–water partition coefficient (Wildman–Crippen LogP) is 1.04. The highest BCUT2D eigenvalue weighted by Crippen LogP contribution is 2.20. The van der Waals surface area contributed by atoms with E-state index in [1.807, 2.05) is 0 Å². The Bertz CT molecular complexity index is 563. The van der Waals surface area contributed by atoms with E-state index in [1.165, 1.54) is 18.0 Å². The molecule has 1 aromatic carbocycles. The third kappa shape index (κ3) is 4.22. The number of amides is 1. The van der Waals surface area contributed by atoms with Crippen molar-refractivity contribution in [3.8, 4) is 0 Å². The van der Waals surface area contributed by atoms with Gasteiger partial charge in [0, 0.05) is 24.2 Å². The minimum Gasteiger partial charge on any atom is -0.378 e. The zero-order chi connectivity index (χ0) is 14.6. The zero-order valence-electron chi connectivity index (χ0n) is 11.2. The van der Waals surface area contributed by atoms with Crippen molar-refractivity contribution in [3.63, 3.8) is 0 Å². The first kappa shape index (κ1) is 15.3. The minimum atomic E-state index is -3.17. The first-order chi connectivity index (χ1) is 9.47. The van der Waals surface area contributed by atoms with Gasteiger partial charge in [-0.3, -0.25) is 4.79 Å². The molecule has 0 spiro atoms. The lowest BCUT2D eigenvalue weighted by molar-refractivity contribution is -0.132. The highest BCUT2D eigenvalue weighted by atomic mass is 32.2. The highest BCUT2D eigenvalue weighted by molar-refractivity contribution is 8.00. The normalized spacial score (nSPS) is 16.1. The van der Waals surface area contributed by atoms with Crippen LogP contribution in [0.5, 0.6) is 0 Å². The van der Waals surface area contributed by atoms with Crippen LogP contribution in [-0.4, -0.2) is 57.5 Å². The fraction of sp³-hybridized carbons (Fsp3) is 0.462. The van der Waals surface area contributed by atoms with Gasteiger partial charge in [-0.1, -0.05) is 0 Å². The van der Waals surface area contributed by atoms with Crippen molar-refractivity contribution in [1.29, 1.82) is 0 Å². The van der Waals surface area contributed by atoms with E-state index in [9.17, 15) is 13.2 Å². The molecule has 1 aromatic rings. The van der Waals surface area contributed by atoms with Crippen LogP contribution in [0.4, 0.5) is 0 Å². The van der Waals surface area contributed by atoms with E-state index in [0.717, 1.165) is 4.90 Å². The van der Waals surface area contributed by atoms with Gasteiger partial charge < -0.3 is 9.64 Å². The van der Waals surface area contributed by atoms with Gasteiger partial charge in [0.2, 0.25) is 5.91 Å². The summed E-state index contributed by atoms with van der Waals surface area (Å²) in [6, 6.07) is 6.59. The van der Waals surface area contributed by atoms with Crippen molar-refractivity contribution >= 4 is 27.5 Å². The van der Waals surface area contributed by atoms with Gasteiger partial charge in [0.25, 0.3) is 0 Å². The van der Waals surface area contributed by atoms with Crippen LogP contribution in [0, 0.1) is 0 Å². The number of hydrogen-bond acceptors (Lipinski definition) is 5. The average molecular weight is 315 g/mol. The van der Waals surface area contributed by atoms with Gasteiger partial charge in [-0.2, -0.15) is 0 Å². The Morgan fingerprint density at radius 1 is 1.25 bits per heavy atom. The molecule has 7 heteroatoms. The zero-order valence-corrected chi connectivity index (χ0v) is 12.9. The van der Waals surface area contributed by atoms with E-state index < -0.39 is 9.84 Å². The molecule has 5 nitrogen and oxygen atoms in total. The number of hydrogen-bond donors (Lipinski definition) is 0. The van der Waals surface area contributed by atoms with Crippen LogP contribution in [0.2, 0.25) is 0 Å². The first-order valence-corrected chi connectivity index (χ1v) is 9.13. The summed E-state index contributed by atoms with van der Waals surface area (Å²) < 4.78 is 27.9. The Labute approximate surface area is 123 Å². The van der Waals surface area contributed by atoms with E-state index >= 15 is 0 Å². The van der Waals surface area contributed by atoms with Crippen molar-refractivity contribution in [2.75, 3.05) is 38.3 Å².